The zero-order valence-corrected chi connectivity index (χ0v) is 17.6. The van der Waals surface area contributed by atoms with Gasteiger partial charge in [-0.15, -0.1) is 0 Å². The quantitative estimate of drug-likeness (QED) is 0.265. The fourth-order valence-electron chi connectivity index (χ4n) is 3.26. The van der Waals surface area contributed by atoms with Crippen LogP contribution in [0.5, 0.6) is 11.5 Å². The van der Waals surface area contributed by atoms with Gasteiger partial charge >= 0.3 is 6.18 Å². The second-order valence-electron chi connectivity index (χ2n) is 7.14. The Morgan fingerprint density at radius 1 is 0.970 bits per heavy atom. The molecule has 0 unspecified atom stereocenters. The summed E-state index contributed by atoms with van der Waals surface area (Å²) in [7, 11) is 1.55. The van der Waals surface area contributed by atoms with Crippen molar-refractivity contribution in [3.8, 4) is 11.5 Å². The van der Waals surface area contributed by atoms with Gasteiger partial charge in [0.2, 0.25) is 0 Å². The lowest BCUT2D eigenvalue weighted by molar-refractivity contribution is -0.137. The first-order valence-corrected chi connectivity index (χ1v) is 10.0. The van der Waals surface area contributed by atoms with Crippen LogP contribution in [-0.4, -0.2) is 18.3 Å². The van der Waals surface area contributed by atoms with Crippen LogP contribution in [0.2, 0.25) is 0 Å². The molecule has 4 aromatic rings. The van der Waals surface area contributed by atoms with Crippen LogP contribution in [0, 0.1) is 0 Å². The molecule has 168 valence electrons. The molecule has 0 spiro atoms. The lowest BCUT2D eigenvalue weighted by atomic mass is 10.1. The summed E-state index contributed by atoms with van der Waals surface area (Å²) in [6.45, 7) is 0.381. The highest BCUT2D eigenvalue weighted by Gasteiger charge is 2.30. The minimum Gasteiger partial charge on any atom is -0.493 e. The summed E-state index contributed by atoms with van der Waals surface area (Å²) in [5, 5.41) is 6.30. The molecule has 33 heavy (non-hydrogen) atoms. The van der Waals surface area contributed by atoms with Crippen LogP contribution >= 0.6 is 0 Å². The van der Waals surface area contributed by atoms with Crippen molar-refractivity contribution >= 4 is 22.8 Å². The highest BCUT2D eigenvalue weighted by atomic mass is 19.4. The van der Waals surface area contributed by atoms with Crippen molar-refractivity contribution in [2.75, 3.05) is 12.5 Å². The Balaban J connectivity index is 1.42. The molecule has 4 rings (SSSR count). The number of hydrogen-bond donors (Lipinski definition) is 1. The molecule has 1 aromatic heterocycles. The first-order valence-electron chi connectivity index (χ1n) is 10.0. The number of pyridine rings is 1. The third kappa shape index (κ3) is 5.41. The van der Waals surface area contributed by atoms with Gasteiger partial charge in [0.15, 0.2) is 11.5 Å². The van der Waals surface area contributed by atoms with Gasteiger partial charge in [-0.25, -0.2) is 4.98 Å². The molecule has 0 aliphatic carbocycles. The topological polar surface area (TPSA) is 55.7 Å². The zero-order chi connectivity index (χ0) is 23.3. The largest absolute Gasteiger partial charge is 0.493 e. The molecular formula is C25H20F3N3O2. The van der Waals surface area contributed by atoms with Crippen LogP contribution in [0.15, 0.2) is 84.1 Å². The number of alkyl halides is 3. The Bertz CT molecular complexity index is 1270. The monoisotopic (exact) mass is 451 g/mol. The number of rotatable bonds is 7. The Labute approximate surface area is 188 Å². The second-order valence-corrected chi connectivity index (χ2v) is 7.14. The predicted molar refractivity (Wildman–Crippen MR) is 122 cm³/mol. The van der Waals surface area contributed by atoms with E-state index in [0.717, 1.165) is 28.6 Å². The standard InChI is InChI=1S/C25H20F3N3O2/c1-32-23-13-17(14-30-31-24-12-10-20(15-29-24)25(26,27)28)9-11-22(23)33-16-19-7-4-6-18-5-2-3-8-21(18)19/h2-15H,16H2,1H3,(H,29,31)/b30-14-. The van der Waals surface area contributed by atoms with Crippen molar-refractivity contribution in [1.29, 1.82) is 0 Å². The smallest absolute Gasteiger partial charge is 0.417 e. The van der Waals surface area contributed by atoms with E-state index in [9.17, 15) is 13.2 Å². The molecule has 0 amide bonds. The Morgan fingerprint density at radius 3 is 2.55 bits per heavy atom. The minimum atomic E-state index is -4.43. The summed E-state index contributed by atoms with van der Waals surface area (Å²) in [4.78, 5) is 3.71. The van der Waals surface area contributed by atoms with E-state index in [-0.39, 0.29) is 5.82 Å². The van der Waals surface area contributed by atoms with E-state index in [1.807, 2.05) is 24.3 Å². The summed E-state index contributed by atoms with van der Waals surface area (Å²) >= 11 is 0. The Hall–Kier alpha value is -4.07. The van der Waals surface area contributed by atoms with Crippen LogP contribution in [-0.2, 0) is 12.8 Å². The number of nitrogens with zero attached hydrogens (tertiary/aromatic N) is 2. The van der Waals surface area contributed by atoms with Gasteiger partial charge < -0.3 is 9.47 Å². The molecule has 0 bridgehead atoms. The SMILES string of the molecule is COc1cc(/C=N\Nc2ccc(C(F)(F)F)cn2)ccc1OCc1cccc2ccccc12. The third-order valence-electron chi connectivity index (χ3n) is 4.93. The molecule has 3 aromatic carbocycles. The maximum Gasteiger partial charge on any atom is 0.417 e. The zero-order valence-electron chi connectivity index (χ0n) is 17.6. The third-order valence-corrected chi connectivity index (χ3v) is 4.93. The van der Waals surface area contributed by atoms with E-state index in [1.165, 1.54) is 12.3 Å². The molecule has 0 saturated heterocycles. The normalized spacial score (nSPS) is 11.6. The van der Waals surface area contributed by atoms with Crippen LogP contribution in [0.3, 0.4) is 0 Å². The molecule has 0 radical (unpaired) electrons. The summed E-state index contributed by atoms with van der Waals surface area (Å²) in [6, 6.07) is 21.7. The fraction of sp³-hybridized carbons (Fsp3) is 0.120. The molecule has 0 aliphatic heterocycles. The molecule has 0 fully saturated rings. The summed E-state index contributed by atoms with van der Waals surface area (Å²) in [5.74, 6) is 1.31. The lowest BCUT2D eigenvalue weighted by Gasteiger charge is -2.12. The van der Waals surface area contributed by atoms with E-state index in [2.05, 4.69) is 33.7 Å². The number of hydrogen-bond acceptors (Lipinski definition) is 5. The maximum absolute atomic E-state index is 12.6. The number of benzene rings is 3. The van der Waals surface area contributed by atoms with Crippen molar-refractivity contribution in [3.63, 3.8) is 0 Å². The number of methoxy groups -OCH3 is 1. The fourth-order valence-corrected chi connectivity index (χ4v) is 3.26. The van der Waals surface area contributed by atoms with Crippen LogP contribution in [0.25, 0.3) is 10.8 Å². The van der Waals surface area contributed by atoms with E-state index in [1.54, 1.807) is 25.3 Å². The van der Waals surface area contributed by atoms with Crippen molar-refractivity contribution < 1.29 is 22.6 Å². The van der Waals surface area contributed by atoms with Crippen LogP contribution in [0.4, 0.5) is 19.0 Å². The van der Waals surface area contributed by atoms with E-state index in [0.29, 0.717) is 23.7 Å². The first-order chi connectivity index (χ1) is 15.9. The Kier molecular flexibility index (Phi) is 6.44. The molecule has 0 saturated carbocycles. The number of halogens is 3. The second kappa shape index (κ2) is 9.60. The van der Waals surface area contributed by atoms with Gasteiger partial charge in [0.05, 0.1) is 18.9 Å². The number of aromatic nitrogens is 1. The number of anilines is 1. The average molecular weight is 451 g/mol. The van der Waals surface area contributed by atoms with Crippen molar-refractivity contribution in [3.05, 3.63) is 95.7 Å². The van der Waals surface area contributed by atoms with Gasteiger partial charge in [-0.3, -0.25) is 5.43 Å². The van der Waals surface area contributed by atoms with Crippen molar-refractivity contribution in [1.82, 2.24) is 4.98 Å². The molecule has 5 nitrogen and oxygen atoms in total. The summed E-state index contributed by atoms with van der Waals surface area (Å²) in [6.07, 6.45) is -2.16. The highest BCUT2D eigenvalue weighted by molar-refractivity contribution is 5.85. The number of hydrazone groups is 1. The van der Waals surface area contributed by atoms with Crippen molar-refractivity contribution in [2.24, 2.45) is 5.10 Å². The number of nitrogens with one attached hydrogen (secondary N) is 1. The van der Waals surface area contributed by atoms with E-state index >= 15 is 0 Å². The van der Waals surface area contributed by atoms with Gasteiger partial charge in [-0.1, -0.05) is 42.5 Å². The number of ether oxygens (including phenoxy) is 2. The van der Waals surface area contributed by atoms with Gasteiger partial charge in [0, 0.05) is 6.20 Å². The predicted octanol–water partition coefficient (Wildman–Crippen LogP) is 6.29. The molecular weight excluding hydrogens is 431 g/mol. The molecule has 0 atom stereocenters. The first kappa shape index (κ1) is 22.1. The lowest BCUT2D eigenvalue weighted by Crippen LogP contribution is -2.05. The van der Waals surface area contributed by atoms with Gasteiger partial charge in [0.1, 0.15) is 12.4 Å². The van der Waals surface area contributed by atoms with Crippen LogP contribution < -0.4 is 14.9 Å². The van der Waals surface area contributed by atoms with Crippen LogP contribution in [0.1, 0.15) is 16.7 Å². The molecule has 1 N–H and O–H groups in total. The van der Waals surface area contributed by atoms with E-state index in [4.69, 9.17) is 9.47 Å². The average Bonchev–Trinajstić information content (AvgIpc) is 2.83. The maximum atomic E-state index is 12.6. The Morgan fingerprint density at radius 2 is 1.79 bits per heavy atom. The minimum absolute atomic E-state index is 0.196. The number of fused-ring (bicyclic) bond motifs is 1. The van der Waals surface area contributed by atoms with Gasteiger partial charge in [-0.05, 0) is 52.2 Å². The molecule has 0 aliphatic rings. The summed E-state index contributed by atoms with van der Waals surface area (Å²) < 4.78 is 49.3. The highest BCUT2D eigenvalue weighted by Crippen LogP contribution is 2.30. The van der Waals surface area contributed by atoms with Crippen molar-refractivity contribution in [2.45, 2.75) is 12.8 Å². The molecule has 8 heteroatoms. The van der Waals surface area contributed by atoms with Gasteiger partial charge in [-0.2, -0.15) is 18.3 Å². The summed E-state index contributed by atoms with van der Waals surface area (Å²) in [5.41, 5.74) is 3.56. The van der Waals surface area contributed by atoms with Gasteiger partial charge in [0.25, 0.3) is 0 Å². The molecule has 1 heterocycles. The van der Waals surface area contributed by atoms with E-state index < -0.39 is 11.7 Å².